The van der Waals surface area contributed by atoms with Gasteiger partial charge in [0, 0.05) is 4.88 Å². The first-order valence-electron chi connectivity index (χ1n) is 6.73. The van der Waals surface area contributed by atoms with Gasteiger partial charge in [-0.25, -0.2) is 4.79 Å². The van der Waals surface area contributed by atoms with Crippen LogP contribution in [0.4, 0.5) is 10.8 Å². The highest BCUT2D eigenvalue weighted by Gasteiger charge is 2.10. The molecule has 3 rings (SSSR count). The number of hydrogen-bond donors (Lipinski definition) is 2. The largest absolute Gasteiger partial charge is 0.407 e. The molecule has 2 aromatic heterocycles. The zero-order valence-corrected chi connectivity index (χ0v) is 12.5. The Morgan fingerprint density at radius 2 is 2.00 bits per heavy atom. The van der Waals surface area contributed by atoms with Crippen molar-refractivity contribution in [2.75, 3.05) is 5.32 Å². The summed E-state index contributed by atoms with van der Waals surface area (Å²) in [5, 5.41) is 14.9. The van der Waals surface area contributed by atoms with E-state index < -0.39 is 0 Å². The van der Waals surface area contributed by atoms with E-state index in [0.717, 1.165) is 10.4 Å². The third-order valence-corrected chi connectivity index (χ3v) is 3.77. The summed E-state index contributed by atoms with van der Waals surface area (Å²) in [5.74, 6) is 0.458. The van der Waals surface area contributed by atoms with E-state index in [2.05, 4.69) is 20.8 Å². The van der Waals surface area contributed by atoms with Crippen molar-refractivity contribution in [3.8, 4) is 0 Å². The molecule has 0 saturated heterocycles. The number of benzene rings is 1. The molecule has 7 heteroatoms. The SMILES string of the molecule is O=C(NCc1cccs1)Nc1nnc(Cc2ccccc2)o1. The molecule has 0 saturated carbocycles. The van der Waals surface area contributed by atoms with Gasteiger partial charge in [0.25, 0.3) is 0 Å². The van der Waals surface area contributed by atoms with Crippen LogP contribution in [-0.4, -0.2) is 16.2 Å². The first kappa shape index (κ1) is 14.3. The van der Waals surface area contributed by atoms with E-state index in [-0.39, 0.29) is 12.0 Å². The van der Waals surface area contributed by atoms with Crippen molar-refractivity contribution in [3.05, 3.63) is 64.2 Å². The average Bonchev–Trinajstić information content (AvgIpc) is 3.18. The molecule has 0 aliphatic rings. The highest BCUT2D eigenvalue weighted by atomic mass is 32.1. The number of aromatic nitrogens is 2. The van der Waals surface area contributed by atoms with Gasteiger partial charge in [-0.2, -0.15) is 0 Å². The predicted molar refractivity (Wildman–Crippen MR) is 83.7 cm³/mol. The Bertz CT molecular complexity index is 725. The third-order valence-electron chi connectivity index (χ3n) is 2.89. The van der Waals surface area contributed by atoms with Gasteiger partial charge in [-0.1, -0.05) is 41.5 Å². The summed E-state index contributed by atoms with van der Waals surface area (Å²) >= 11 is 1.58. The predicted octanol–water partition coefficient (Wildman–Crippen LogP) is 3.04. The Morgan fingerprint density at radius 1 is 1.14 bits per heavy atom. The van der Waals surface area contributed by atoms with Gasteiger partial charge in [0.1, 0.15) is 0 Å². The minimum absolute atomic E-state index is 0.0922. The molecule has 3 aromatic rings. The van der Waals surface area contributed by atoms with Crippen LogP contribution in [0.3, 0.4) is 0 Å². The number of carbonyl (C=O) groups excluding carboxylic acids is 1. The average molecular weight is 314 g/mol. The molecular weight excluding hydrogens is 300 g/mol. The summed E-state index contributed by atoms with van der Waals surface area (Å²) in [6, 6.07) is 13.4. The molecule has 112 valence electrons. The Balaban J connectivity index is 1.51. The van der Waals surface area contributed by atoms with Crippen molar-refractivity contribution >= 4 is 23.4 Å². The first-order chi connectivity index (χ1) is 10.8. The lowest BCUT2D eigenvalue weighted by Gasteiger charge is -2.02. The fourth-order valence-corrected chi connectivity index (χ4v) is 2.51. The van der Waals surface area contributed by atoms with Gasteiger partial charge in [-0.15, -0.1) is 16.4 Å². The Labute approximate surface area is 131 Å². The van der Waals surface area contributed by atoms with Gasteiger partial charge in [0.2, 0.25) is 5.89 Å². The molecule has 0 radical (unpaired) electrons. The van der Waals surface area contributed by atoms with Crippen molar-refractivity contribution in [2.45, 2.75) is 13.0 Å². The number of rotatable bonds is 5. The van der Waals surface area contributed by atoms with E-state index in [1.165, 1.54) is 0 Å². The molecule has 6 nitrogen and oxygen atoms in total. The van der Waals surface area contributed by atoms with Crippen LogP contribution in [0, 0.1) is 0 Å². The minimum atomic E-state index is -0.372. The molecule has 0 spiro atoms. The topological polar surface area (TPSA) is 80.0 Å². The highest BCUT2D eigenvalue weighted by Crippen LogP contribution is 2.11. The summed E-state index contributed by atoms with van der Waals surface area (Å²) in [6.45, 7) is 0.467. The van der Waals surface area contributed by atoms with Crippen molar-refractivity contribution in [1.82, 2.24) is 15.5 Å². The lowest BCUT2D eigenvalue weighted by atomic mass is 10.2. The second-order valence-electron chi connectivity index (χ2n) is 4.55. The molecule has 0 unspecified atom stereocenters. The quantitative estimate of drug-likeness (QED) is 0.758. The maximum absolute atomic E-state index is 11.7. The molecule has 0 aliphatic heterocycles. The van der Waals surface area contributed by atoms with E-state index in [1.807, 2.05) is 47.8 Å². The normalized spacial score (nSPS) is 10.4. The van der Waals surface area contributed by atoms with Crippen LogP contribution in [0.1, 0.15) is 16.3 Å². The number of hydrogen-bond acceptors (Lipinski definition) is 5. The fourth-order valence-electron chi connectivity index (χ4n) is 1.87. The second-order valence-corrected chi connectivity index (χ2v) is 5.58. The van der Waals surface area contributed by atoms with Crippen LogP contribution in [-0.2, 0) is 13.0 Å². The van der Waals surface area contributed by atoms with Crippen molar-refractivity contribution in [2.24, 2.45) is 0 Å². The summed E-state index contributed by atoms with van der Waals surface area (Å²) in [4.78, 5) is 12.8. The van der Waals surface area contributed by atoms with Crippen LogP contribution in [0.2, 0.25) is 0 Å². The van der Waals surface area contributed by atoms with Gasteiger partial charge < -0.3 is 9.73 Å². The Morgan fingerprint density at radius 3 is 2.77 bits per heavy atom. The summed E-state index contributed by atoms with van der Waals surface area (Å²) < 4.78 is 5.40. The number of amides is 2. The standard InChI is InChI=1S/C15H14N4O2S/c20-14(16-10-12-7-4-8-22-12)17-15-19-18-13(21-15)9-11-5-2-1-3-6-11/h1-8H,9-10H2,(H2,16,17,19,20). The number of nitrogens with one attached hydrogen (secondary N) is 2. The fraction of sp³-hybridized carbons (Fsp3) is 0.133. The molecule has 0 atom stereocenters. The van der Waals surface area contributed by atoms with Gasteiger partial charge in [0.05, 0.1) is 13.0 Å². The van der Waals surface area contributed by atoms with E-state index in [0.29, 0.717) is 18.9 Å². The van der Waals surface area contributed by atoms with Gasteiger partial charge >= 0.3 is 12.0 Å². The van der Waals surface area contributed by atoms with E-state index in [4.69, 9.17) is 4.42 Å². The van der Waals surface area contributed by atoms with Crippen LogP contribution in [0.15, 0.2) is 52.3 Å². The summed E-state index contributed by atoms with van der Waals surface area (Å²) in [6.07, 6.45) is 0.534. The van der Waals surface area contributed by atoms with Crippen molar-refractivity contribution in [1.29, 1.82) is 0 Å². The van der Waals surface area contributed by atoms with Gasteiger partial charge in [0.15, 0.2) is 0 Å². The van der Waals surface area contributed by atoms with E-state index in [1.54, 1.807) is 11.3 Å². The van der Waals surface area contributed by atoms with Crippen LogP contribution in [0.5, 0.6) is 0 Å². The second kappa shape index (κ2) is 6.86. The number of nitrogens with zero attached hydrogens (tertiary/aromatic N) is 2. The number of urea groups is 1. The molecule has 22 heavy (non-hydrogen) atoms. The summed E-state index contributed by atoms with van der Waals surface area (Å²) in [5.41, 5.74) is 1.07. The van der Waals surface area contributed by atoms with E-state index >= 15 is 0 Å². The Hall–Kier alpha value is -2.67. The smallest absolute Gasteiger partial charge is 0.323 e. The third kappa shape index (κ3) is 3.92. The molecule has 0 aliphatic carbocycles. The van der Waals surface area contributed by atoms with Crippen LogP contribution < -0.4 is 10.6 Å². The molecule has 2 amide bonds. The molecule has 2 heterocycles. The molecule has 0 fully saturated rings. The molecule has 0 bridgehead atoms. The van der Waals surface area contributed by atoms with Crippen LogP contribution >= 0.6 is 11.3 Å². The van der Waals surface area contributed by atoms with Gasteiger partial charge in [-0.05, 0) is 17.0 Å². The van der Waals surface area contributed by atoms with Crippen LogP contribution in [0.25, 0.3) is 0 Å². The Kier molecular flexibility index (Phi) is 4.45. The zero-order valence-electron chi connectivity index (χ0n) is 11.7. The molecule has 1 aromatic carbocycles. The number of thiophene rings is 1. The maximum atomic E-state index is 11.7. The van der Waals surface area contributed by atoms with Crippen molar-refractivity contribution < 1.29 is 9.21 Å². The monoisotopic (exact) mass is 314 g/mol. The molecule has 2 N–H and O–H groups in total. The number of carbonyl (C=O) groups is 1. The summed E-state index contributed by atoms with van der Waals surface area (Å²) in [7, 11) is 0. The maximum Gasteiger partial charge on any atom is 0.323 e. The highest BCUT2D eigenvalue weighted by molar-refractivity contribution is 7.09. The minimum Gasteiger partial charge on any atom is -0.407 e. The lowest BCUT2D eigenvalue weighted by molar-refractivity contribution is 0.251. The lowest BCUT2D eigenvalue weighted by Crippen LogP contribution is -2.27. The number of anilines is 1. The van der Waals surface area contributed by atoms with Crippen molar-refractivity contribution in [3.63, 3.8) is 0 Å². The molecular formula is C15H14N4O2S. The first-order valence-corrected chi connectivity index (χ1v) is 7.61. The zero-order chi connectivity index (χ0) is 15.2. The van der Waals surface area contributed by atoms with Gasteiger partial charge in [-0.3, -0.25) is 5.32 Å². The van der Waals surface area contributed by atoms with E-state index in [9.17, 15) is 4.79 Å².